The van der Waals surface area contributed by atoms with E-state index in [2.05, 4.69) is 34.8 Å². The standard InChI is InChI=1S/C19H23N5OS.2ClH/c1-13-17(14-7-5-4-6-8-14)23-16(26-13)9-10-21-19(25)18(20-2)15-11-22-24(3)12-15;;/h4-8,11-12,18,20H,9-10H2,1-3H3,(H,21,25);2*1H. The van der Waals surface area contributed by atoms with E-state index in [4.69, 9.17) is 4.98 Å². The van der Waals surface area contributed by atoms with Gasteiger partial charge in [0.25, 0.3) is 0 Å². The fourth-order valence-corrected chi connectivity index (χ4v) is 3.81. The lowest BCUT2D eigenvalue weighted by Gasteiger charge is -2.14. The Morgan fingerprint density at radius 1 is 1.25 bits per heavy atom. The molecule has 0 saturated heterocycles. The predicted molar refractivity (Wildman–Crippen MR) is 119 cm³/mol. The molecule has 2 heterocycles. The van der Waals surface area contributed by atoms with Crippen molar-refractivity contribution in [2.45, 2.75) is 19.4 Å². The van der Waals surface area contributed by atoms with E-state index in [1.54, 1.807) is 29.3 Å². The highest BCUT2D eigenvalue weighted by atomic mass is 35.5. The van der Waals surface area contributed by atoms with Crippen molar-refractivity contribution < 1.29 is 4.79 Å². The van der Waals surface area contributed by atoms with E-state index in [9.17, 15) is 4.79 Å². The fourth-order valence-electron chi connectivity index (χ4n) is 2.86. The molecule has 0 aliphatic rings. The number of halogens is 2. The number of rotatable bonds is 7. The molecule has 0 spiro atoms. The number of likely N-dealkylation sites (N-methyl/N-ethyl adjacent to an activating group) is 1. The van der Waals surface area contributed by atoms with Gasteiger partial charge < -0.3 is 10.6 Å². The monoisotopic (exact) mass is 441 g/mol. The van der Waals surface area contributed by atoms with Gasteiger partial charge in [0.15, 0.2) is 0 Å². The number of aromatic nitrogens is 3. The lowest BCUT2D eigenvalue weighted by molar-refractivity contribution is -0.123. The zero-order chi connectivity index (χ0) is 18.5. The average Bonchev–Trinajstić information content (AvgIpc) is 3.22. The third-order valence-electron chi connectivity index (χ3n) is 4.14. The number of hydrogen-bond donors (Lipinski definition) is 2. The summed E-state index contributed by atoms with van der Waals surface area (Å²) >= 11 is 1.68. The summed E-state index contributed by atoms with van der Waals surface area (Å²) in [7, 11) is 3.61. The highest BCUT2D eigenvalue weighted by molar-refractivity contribution is 7.12. The number of hydrogen-bond acceptors (Lipinski definition) is 5. The number of nitrogens with zero attached hydrogens (tertiary/aromatic N) is 3. The molecule has 1 aromatic carbocycles. The highest BCUT2D eigenvalue weighted by Gasteiger charge is 2.19. The SMILES string of the molecule is CNC(C(=O)NCCc1nc(-c2ccccc2)c(C)s1)c1cnn(C)c1.Cl.Cl. The summed E-state index contributed by atoms with van der Waals surface area (Å²) in [4.78, 5) is 18.4. The Bertz CT molecular complexity index is 882. The van der Waals surface area contributed by atoms with E-state index in [0.717, 1.165) is 21.8 Å². The molecule has 0 aliphatic heterocycles. The molecule has 1 unspecified atom stereocenters. The number of carbonyl (C=O) groups is 1. The van der Waals surface area contributed by atoms with E-state index < -0.39 is 6.04 Å². The number of carbonyl (C=O) groups excluding carboxylic acids is 1. The van der Waals surface area contributed by atoms with Crippen LogP contribution in [0.4, 0.5) is 0 Å². The van der Waals surface area contributed by atoms with E-state index in [1.165, 1.54) is 4.88 Å². The molecular formula is C19H25Cl2N5OS. The smallest absolute Gasteiger partial charge is 0.241 e. The van der Waals surface area contributed by atoms with Gasteiger partial charge in [-0.1, -0.05) is 30.3 Å². The molecular weight excluding hydrogens is 417 g/mol. The number of nitrogens with one attached hydrogen (secondary N) is 2. The van der Waals surface area contributed by atoms with Crippen LogP contribution in [0.25, 0.3) is 11.3 Å². The Balaban J connectivity index is 0.00000196. The highest BCUT2D eigenvalue weighted by Crippen LogP contribution is 2.27. The van der Waals surface area contributed by atoms with Crippen LogP contribution in [0, 0.1) is 6.92 Å². The summed E-state index contributed by atoms with van der Waals surface area (Å²) < 4.78 is 1.69. The number of thiazole rings is 1. The summed E-state index contributed by atoms with van der Waals surface area (Å²) in [5.74, 6) is -0.0583. The van der Waals surface area contributed by atoms with Crippen LogP contribution in [-0.2, 0) is 18.3 Å². The topological polar surface area (TPSA) is 71.8 Å². The van der Waals surface area contributed by atoms with E-state index in [1.807, 2.05) is 31.4 Å². The zero-order valence-corrected chi connectivity index (χ0v) is 18.5. The van der Waals surface area contributed by atoms with Gasteiger partial charge in [-0.2, -0.15) is 5.10 Å². The number of amides is 1. The molecule has 6 nitrogen and oxygen atoms in total. The van der Waals surface area contributed by atoms with Crippen LogP contribution in [0.3, 0.4) is 0 Å². The van der Waals surface area contributed by atoms with Crippen LogP contribution in [0.2, 0.25) is 0 Å². The van der Waals surface area contributed by atoms with Crippen molar-refractivity contribution in [1.82, 2.24) is 25.4 Å². The maximum absolute atomic E-state index is 12.4. The van der Waals surface area contributed by atoms with Crippen molar-refractivity contribution in [3.63, 3.8) is 0 Å². The maximum Gasteiger partial charge on any atom is 0.241 e. The van der Waals surface area contributed by atoms with Gasteiger partial charge in [0.1, 0.15) is 6.04 Å². The molecule has 0 aliphatic carbocycles. The molecule has 0 radical (unpaired) electrons. The molecule has 1 atom stereocenters. The molecule has 3 rings (SSSR count). The van der Waals surface area contributed by atoms with Crippen molar-refractivity contribution in [2.75, 3.05) is 13.6 Å². The Kier molecular flexibility index (Phi) is 9.61. The number of benzene rings is 1. The van der Waals surface area contributed by atoms with Crippen molar-refractivity contribution >= 4 is 42.1 Å². The maximum atomic E-state index is 12.4. The second-order valence-corrected chi connectivity index (χ2v) is 7.38. The zero-order valence-electron chi connectivity index (χ0n) is 16.0. The molecule has 0 saturated carbocycles. The summed E-state index contributed by atoms with van der Waals surface area (Å²) in [5, 5.41) is 11.2. The molecule has 2 N–H and O–H groups in total. The van der Waals surface area contributed by atoms with Crippen LogP contribution in [0.1, 0.15) is 21.5 Å². The summed E-state index contributed by atoms with van der Waals surface area (Å²) in [6.07, 6.45) is 4.27. The third kappa shape index (κ3) is 5.78. The molecule has 2 aromatic heterocycles. The first kappa shape index (κ1) is 24.1. The second-order valence-electron chi connectivity index (χ2n) is 6.09. The van der Waals surface area contributed by atoms with Crippen molar-refractivity contribution in [2.24, 2.45) is 7.05 Å². The quantitative estimate of drug-likeness (QED) is 0.589. The Morgan fingerprint density at radius 2 is 1.96 bits per heavy atom. The van der Waals surface area contributed by atoms with E-state index >= 15 is 0 Å². The number of aryl methyl sites for hydroxylation is 2. The lowest BCUT2D eigenvalue weighted by atomic mass is 10.1. The van der Waals surface area contributed by atoms with Gasteiger partial charge in [0, 0.05) is 42.2 Å². The van der Waals surface area contributed by atoms with Crippen molar-refractivity contribution in [1.29, 1.82) is 0 Å². The van der Waals surface area contributed by atoms with Gasteiger partial charge >= 0.3 is 0 Å². The van der Waals surface area contributed by atoms with Gasteiger partial charge in [0.05, 0.1) is 16.9 Å². The Morgan fingerprint density at radius 3 is 2.57 bits per heavy atom. The van der Waals surface area contributed by atoms with Crippen molar-refractivity contribution in [3.05, 3.63) is 58.2 Å². The van der Waals surface area contributed by atoms with Gasteiger partial charge in [0.2, 0.25) is 5.91 Å². The first-order chi connectivity index (χ1) is 12.6. The van der Waals surface area contributed by atoms with Crippen LogP contribution in [-0.4, -0.2) is 34.3 Å². The van der Waals surface area contributed by atoms with Gasteiger partial charge in [-0.05, 0) is 14.0 Å². The molecule has 1 amide bonds. The predicted octanol–water partition coefficient (Wildman–Crippen LogP) is 3.32. The van der Waals surface area contributed by atoms with Gasteiger partial charge in [-0.25, -0.2) is 4.98 Å². The second kappa shape index (κ2) is 11.2. The summed E-state index contributed by atoms with van der Waals surface area (Å²) in [6.45, 7) is 2.64. The van der Waals surface area contributed by atoms with E-state index in [0.29, 0.717) is 13.0 Å². The molecule has 3 aromatic rings. The van der Waals surface area contributed by atoms with Crippen LogP contribution < -0.4 is 10.6 Å². The normalized spacial score (nSPS) is 11.2. The lowest BCUT2D eigenvalue weighted by Crippen LogP contribution is -2.36. The summed E-state index contributed by atoms with van der Waals surface area (Å²) in [6, 6.07) is 9.77. The molecule has 152 valence electrons. The fraction of sp³-hybridized carbons (Fsp3) is 0.316. The van der Waals surface area contributed by atoms with Gasteiger partial charge in [-0.3, -0.25) is 9.48 Å². The summed E-state index contributed by atoms with van der Waals surface area (Å²) in [5.41, 5.74) is 3.01. The molecule has 0 fully saturated rings. The van der Waals surface area contributed by atoms with Crippen molar-refractivity contribution in [3.8, 4) is 11.3 Å². The van der Waals surface area contributed by atoms with Crippen LogP contribution in [0.5, 0.6) is 0 Å². The Hall–Kier alpha value is -1.93. The van der Waals surface area contributed by atoms with Crippen LogP contribution >= 0.6 is 36.2 Å². The minimum atomic E-state index is -0.401. The molecule has 28 heavy (non-hydrogen) atoms. The minimum absolute atomic E-state index is 0. The first-order valence-electron chi connectivity index (χ1n) is 8.53. The van der Waals surface area contributed by atoms with Gasteiger partial charge in [-0.15, -0.1) is 36.2 Å². The van der Waals surface area contributed by atoms with Crippen LogP contribution in [0.15, 0.2) is 42.7 Å². The molecule has 0 bridgehead atoms. The minimum Gasteiger partial charge on any atom is -0.354 e. The third-order valence-corrected chi connectivity index (χ3v) is 5.17. The molecule has 9 heteroatoms. The largest absolute Gasteiger partial charge is 0.354 e. The Labute approximate surface area is 181 Å². The first-order valence-corrected chi connectivity index (χ1v) is 9.35. The average molecular weight is 442 g/mol. The van der Waals surface area contributed by atoms with E-state index in [-0.39, 0.29) is 30.7 Å².